The first kappa shape index (κ1) is 17.7. The molecule has 0 saturated carbocycles. The van der Waals surface area contributed by atoms with E-state index in [9.17, 15) is 9.59 Å². The summed E-state index contributed by atoms with van der Waals surface area (Å²) in [5.41, 5.74) is 0. The van der Waals surface area contributed by atoms with Gasteiger partial charge in [0.2, 0.25) is 11.8 Å². The molecule has 0 aromatic heterocycles. The molecule has 2 aliphatic heterocycles. The summed E-state index contributed by atoms with van der Waals surface area (Å²) in [6, 6.07) is 9.45. The van der Waals surface area contributed by atoms with Crippen LogP contribution in [0.5, 0.6) is 5.75 Å². The van der Waals surface area contributed by atoms with Gasteiger partial charge in [0.15, 0.2) is 0 Å². The number of carbonyl (C=O) groups is 2. The lowest BCUT2D eigenvalue weighted by Crippen LogP contribution is -2.55. The van der Waals surface area contributed by atoms with Crippen molar-refractivity contribution in [1.82, 2.24) is 9.80 Å². The Morgan fingerprint density at radius 3 is 2.60 bits per heavy atom. The van der Waals surface area contributed by atoms with Gasteiger partial charge in [0.1, 0.15) is 5.75 Å². The van der Waals surface area contributed by atoms with Crippen LogP contribution in [-0.2, 0) is 9.59 Å². The third kappa shape index (κ3) is 4.51. The van der Waals surface area contributed by atoms with Crippen LogP contribution in [0.4, 0.5) is 0 Å². The summed E-state index contributed by atoms with van der Waals surface area (Å²) >= 11 is 0. The lowest BCUT2D eigenvalue weighted by molar-refractivity contribution is -0.146. The van der Waals surface area contributed by atoms with Crippen molar-refractivity contribution < 1.29 is 19.4 Å². The van der Waals surface area contributed by atoms with Crippen LogP contribution in [0.2, 0.25) is 0 Å². The van der Waals surface area contributed by atoms with Gasteiger partial charge in [0, 0.05) is 38.7 Å². The molecule has 1 unspecified atom stereocenters. The Labute approximate surface area is 148 Å². The van der Waals surface area contributed by atoms with Crippen molar-refractivity contribution in [2.24, 2.45) is 11.8 Å². The van der Waals surface area contributed by atoms with Crippen LogP contribution in [0.15, 0.2) is 30.3 Å². The van der Waals surface area contributed by atoms with Crippen LogP contribution in [0, 0.1) is 11.8 Å². The number of rotatable bonds is 6. The van der Waals surface area contributed by atoms with E-state index in [1.165, 1.54) is 0 Å². The highest BCUT2D eigenvalue weighted by Crippen LogP contribution is 2.24. The largest absolute Gasteiger partial charge is 0.493 e. The highest BCUT2D eigenvalue weighted by molar-refractivity contribution is 5.82. The zero-order valence-electron chi connectivity index (χ0n) is 14.5. The van der Waals surface area contributed by atoms with Crippen LogP contribution < -0.4 is 4.74 Å². The topological polar surface area (TPSA) is 70.1 Å². The van der Waals surface area contributed by atoms with Crippen LogP contribution in [0.3, 0.4) is 0 Å². The Kier molecular flexibility index (Phi) is 5.91. The molecule has 3 rings (SSSR count). The van der Waals surface area contributed by atoms with Gasteiger partial charge in [-0.2, -0.15) is 0 Å². The number of amides is 2. The van der Waals surface area contributed by atoms with Gasteiger partial charge in [0.05, 0.1) is 18.9 Å². The van der Waals surface area contributed by atoms with Gasteiger partial charge in [-0.1, -0.05) is 18.2 Å². The Bertz CT molecular complexity index is 586. The number of aliphatic hydroxyl groups is 1. The zero-order chi connectivity index (χ0) is 17.6. The fourth-order valence-electron chi connectivity index (χ4n) is 3.46. The molecular weight excluding hydrogens is 320 g/mol. The summed E-state index contributed by atoms with van der Waals surface area (Å²) in [7, 11) is 0. The van der Waals surface area contributed by atoms with Crippen molar-refractivity contribution in [3.8, 4) is 5.75 Å². The number of hydrogen-bond donors (Lipinski definition) is 1. The highest BCUT2D eigenvalue weighted by Gasteiger charge is 2.36. The summed E-state index contributed by atoms with van der Waals surface area (Å²) in [5, 5.41) is 9.07. The van der Waals surface area contributed by atoms with Crippen LogP contribution >= 0.6 is 0 Å². The molecule has 1 aromatic carbocycles. The molecule has 0 bridgehead atoms. The molecule has 1 aromatic rings. The Hall–Kier alpha value is -2.08. The summed E-state index contributed by atoms with van der Waals surface area (Å²) < 4.78 is 5.58. The molecule has 136 valence electrons. The molecule has 2 aliphatic rings. The van der Waals surface area contributed by atoms with Gasteiger partial charge >= 0.3 is 0 Å². The van der Waals surface area contributed by atoms with Gasteiger partial charge in [-0.15, -0.1) is 0 Å². The average Bonchev–Trinajstić information content (AvgIpc) is 2.61. The van der Waals surface area contributed by atoms with E-state index in [-0.39, 0.29) is 30.3 Å². The fraction of sp³-hybridized carbons (Fsp3) is 0.579. The van der Waals surface area contributed by atoms with Gasteiger partial charge in [-0.05, 0) is 25.0 Å². The monoisotopic (exact) mass is 346 g/mol. The third-order valence-corrected chi connectivity index (χ3v) is 4.98. The normalized spacial score (nSPS) is 20.9. The fourth-order valence-corrected chi connectivity index (χ4v) is 3.46. The Balaban J connectivity index is 1.42. The molecule has 0 aliphatic carbocycles. The van der Waals surface area contributed by atoms with Crippen molar-refractivity contribution in [3.63, 3.8) is 0 Å². The first-order chi connectivity index (χ1) is 12.2. The van der Waals surface area contributed by atoms with Gasteiger partial charge in [-0.25, -0.2) is 0 Å². The maximum atomic E-state index is 12.5. The minimum atomic E-state index is -0.104. The summed E-state index contributed by atoms with van der Waals surface area (Å²) in [6.07, 6.45) is 2.02. The van der Waals surface area contributed by atoms with E-state index in [1.54, 1.807) is 9.80 Å². The van der Waals surface area contributed by atoms with Crippen molar-refractivity contribution in [2.45, 2.75) is 19.3 Å². The molecule has 0 radical (unpaired) electrons. The predicted molar refractivity (Wildman–Crippen MR) is 93.0 cm³/mol. The van der Waals surface area contributed by atoms with Gasteiger partial charge in [0.25, 0.3) is 0 Å². The lowest BCUT2D eigenvalue weighted by atomic mass is 9.92. The molecule has 0 spiro atoms. The van der Waals surface area contributed by atoms with Crippen molar-refractivity contribution in [3.05, 3.63) is 30.3 Å². The molecule has 1 N–H and O–H groups in total. The number of nitrogens with zero attached hydrogens (tertiary/aromatic N) is 2. The van der Waals surface area contributed by atoms with Crippen LogP contribution in [0.25, 0.3) is 0 Å². The first-order valence-corrected chi connectivity index (χ1v) is 9.02. The number of hydrogen-bond acceptors (Lipinski definition) is 4. The first-order valence-electron chi connectivity index (χ1n) is 9.02. The molecule has 6 heteroatoms. The third-order valence-electron chi connectivity index (χ3n) is 4.98. The van der Waals surface area contributed by atoms with Gasteiger partial charge in [-0.3, -0.25) is 9.59 Å². The maximum Gasteiger partial charge on any atom is 0.227 e. The second-order valence-corrected chi connectivity index (χ2v) is 6.88. The molecular formula is C19H26N2O4. The van der Waals surface area contributed by atoms with Gasteiger partial charge < -0.3 is 19.6 Å². The summed E-state index contributed by atoms with van der Waals surface area (Å²) in [5.74, 6) is 1.05. The molecule has 2 amide bonds. The number of benzene rings is 1. The second kappa shape index (κ2) is 8.34. The minimum Gasteiger partial charge on any atom is -0.493 e. The van der Waals surface area contributed by atoms with E-state index >= 15 is 0 Å². The molecule has 2 saturated heterocycles. The Morgan fingerprint density at radius 2 is 1.88 bits per heavy atom. The van der Waals surface area contributed by atoms with Crippen molar-refractivity contribution >= 4 is 11.8 Å². The van der Waals surface area contributed by atoms with Crippen LogP contribution in [-0.4, -0.2) is 66.1 Å². The predicted octanol–water partition coefficient (Wildman–Crippen LogP) is 1.14. The zero-order valence-corrected chi connectivity index (χ0v) is 14.5. The molecule has 2 fully saturated rings. The SMILES string of the molecule is O=C(CCOc1ccccc1)N1CCCC(C(=O)N2CC(CO)C2)C1. The Morgan fingerprint density at radius 1 is 1.12 bits per heavy atom. The van der Waals surface area contributed by atoms with Crippen molar-refractivity contribution in [2.75, 3.05) is 39.4 Å². The van der Waals surface area contributed by atoms with E-state index < -0.39 is 0 Å². The highest BCUT2D eigenvalue weighted by atomic mass is 16.5. The smallest absolute Gasteiger partial charge is 0.227 e. The van der Waals surface area contributed by atoms with E-state index in [0.717, 1.165) is 18.6 Å². The number of likely N-dealkylation sites (tertiary alicyclic amines) is 2. The van der Waals surface area contributed by atoms with Crippen LogP contribution in [0.1, 0.15) is 19.3 Å². The molecule has 6 nitrogen and oxygen atoms in total. The number of carbonyl (C=O) groups excluding carboxylic acids is 2. The lowest BCUT2D eigenvalue weighted by Gasteiger charge is -2.42. The van der Waals surface area contributed by atoms with E-state index in [4.69, 9.17) is 9.84 Å². The quantitative estimate of drug-likeness (QED) is 0.839. The van der Waals surface area contributed by atoms with E-state index in [0.29, 0.717) is 39.2 Å². The number of piperidine rings is 1. The standard InChI is InChI=1S/C19H26N2O4/c22-14-15-11-21(12-15)19(24)16-5-4-9-20(13-16)18(23)8-10-25-17-6-2-1-3-7-17/h1-3,6-7,15-16,22H,4-5,8-14H2. The van der Waals surface area contributed by atoms with E-state index in [1.807, 2.05) is 30.3 Å². The molecule has 1 atom stereocenters. The number of para-hydroxylation sites is 1. The molecule has 25 heavy (non-hydrogen) atoms. The number of aliphatic hydroxyl groups excluding tert-OH is 1. The average molecular weight is 346 g/mol. The summed E-state index contributed by atoms with van der Waals surface area (Å²) in [6.45, 7) is 2.99. The second-order valence-electron chi connectivity index (χ2n) is 6.88. The summed E-state index contributed by atoms with van der Waals surface area (Å²) in [4.78, 5) is 28.5. The minimum absolute atomic E-state index is 0.0466. The maximum absolute atomic E-state index is 12.5. The van der Waals surface area contributed by atoms with Crippen molar-refractivity contribution in [1.29, 1.82) is 0 Å². The molecule has 2 heterocycles. The van der Waals surface area contributed by atoms with E-state index in [2.05, 4.69) is 0 Å². The number of ether oxygens (including phenoxy) is 1.